The fourth-order valence-corrected chi connectivity index (χ4v) is 3.99. The van der Waals surface area contributed by atoms with Crippen molar-refractivity contribution in [2.24, 2.45) is 11.8 Å². The molecule has 1 aromatic heterocycles. The molecule has 0 amide bonds. The lowest BCUT2D eigenvalue weighted by Gasteiger charge is -2.44. The van der Waals surface area contributed by atoms with Crippen LogP contribution in [-0.2, 0) is 0 Å². The van der Waals surface area contributed by atoms with E-state index < -0.39 is 0 Å². The number of hydrogen-bond acceptors (Lipinski definition) is 3. The Labute approximate surface area is 128 Å². The van der Waals surface area contributed by atoms with E-state index >= 15 is 0 Å². The first-order valence-electron chi connectivity index (χ1n) is 7.64. The summed E-state index contributed by atoms with van der Waals surface area (Å²) in [6.07, 6.45) is 3.09. The van der Waals surface area contributed by atoms with Gasteiger partial charge in [-0.05, 0) is 62.0 Å². The van der Waals surface area contributed by atoms with Gasteiger partial charge in [0.05, 0.1) is 0 Å². The molecule has 3 saturated heterocycles. The lowest BCUT2D eigenvalue weighted by atomic mass is 9.76. The molecule has 0 radical (unpaired) electrons. The van der Waals surface area contributed by atoms with Crippen LogP contribution < -0.4 is 0 Å². The van der Waals surface area contributed by atoms with Gasteiger partial charge >= 0.3 is 0 Å². The number of carbonyl (C=O) groups excluding carboxylic acids is 1. The molecule has 0 unspecified atom stereocenters. The molecule has 3 fully saturated rings. The lowest BCUT2D eigenvalue weighted by Crippen LogP contribution is -2.47. The molecule has 1 atom stereocenters. The smallest absolute Gasteiger partial charge is 0.198 e. The number of piperidine rings is 3. The normalized spacial score (nSPS) is 28.1. The minimum Gasteiger partial charge on any atom is -0.453 e. The zero-order valence-electron chi connectivity index (χ0n) is 11.8. The van der Waals surface area contributed by atoms with Crippen LogP contribution in [0.1, 0.15) is 29.8 Å². The van der Waals surface area contributed by atoms with Crippen LogP contribution in [0.2, 0.25) is 5.02 Å². The minimum absolute atomic E-state index is 0.126. The Hall–Kier alpha value is -1.32. The minimum atomic E-state index is 0.126. The fraction of sp³-hybridized carbons (Fsp3) is 0.471. The van der Waals surface area contributed by atoms with Crippen LogP contribution in [0.25, 0.3) is 11.0 Å². The molecule has 110 valence electrons. The number of furan rings is 1. The third kappa shape index (κ3) is 2.49. The molecule has 2 bridgehead atoms. The van der Waals surface area contributed by atoms with Crippen molar-refractivity contribution in [1.82, 2.24) is 4.90 Å². The molecule has 3 nitrogen and oxygen atoms in total. The van der Waals surface area contributed by atoms with E-state index in [1.54, 1.807) is 6.07 Å². The summed E-state index contributed by atoms with van der Waals surface area (Å²) in [5.41, 5.74) is 0.733. The Kier molecular flexibility index (Phi) is 3.27. The molecule has 0 spiro atoms. The second kappa shape index (κ2) is 5.15. The van der Waals surface area contributed by atoms with Crippen molar-refractivity contribution in [3.05, 3.63) is 35.0 Å². The number of benzene rings is 1. The van der Waals surface area contributed by atoms with Gasteiger partial charge in [0, 0.05) is 23.4 Å². The number of fused-ring (bicyclic) bond motifs is 4. The van der Waals surface area contributed by atoms with Crippen molar-refractivity contribution in [1.29, 1.82) is 0 Å². The Morgan fingerprint density at radius 3 is 2.81 bits per heavy atom. The first-order chi connectivity index (χ1) is 10.2. The summed E-state index contributed by atoms with van der Waals surface area (Å²) in [5, 5.41) is 1.57. The van der Waals surface area contributed by atoms with Gasteiger partial charge in [0.2, 0.25) is 0 Å². The summed E-state index contributed by atoms with van der Waals surface area (Å²) in [7, 11) is 0. The highest BCUT2D eigenvalue weighted by atomic mass is 35.5. The lowest BCUT2D eigenvalue weighted by molar-refractivity contribution is 0.0433. The number of ketones is 1. The highest BCUT2D eigenvalue weighted by Crippen LogP contribution is 2.35. The van der Waals surface area contributed by atoms with E-state index in [9.17, 15) is 4.79 Å². The van der Waals surface area contributed by atoms with E-state index in [0.29, 0.717) is 23.1 Å². The first-order valence-corrected chi connectivity index (χ1v) is 8.01. The van der Waals surface area contributed by atoms with Crippen LogP contribution in [0.15, 0.2) is 28.7 Å². The summed E-state index contributed by atoms with van der Waals surface area (Å²) in [4.78, 5) is 15.0. The Morgan fingerprint density at radius 2 is 2.10 bits per heavy atom. The van der Waals surface area contributed by atoms with Crippen molar-refractivity contribution in [3.63, 3.8) is 0 Å². The fourth-order valence-electron chi connectivity index (χ4n) is 3.81. The molecule has 0 N–H and O–H groups in total. The molecule has 2 aromatic rings. The first kappa shape index (κ1) is 13.4. The van der Waals surface area contributed by atoms with E-state index in [1.165, 1.54) is 25.9 Å². The van der Waals surface area contributed by atoms with E-state index in [-0.39, 0.29) is 5.78 Å². The van der Waals surface area contributed by atoms with Gasteiger partial charge in [0.1, 0.15) is 5.58 Å². The summed E-state index contributed by atoms with van der Waals surface area (Å²) in [5.74, 6) is 1.82. The van der Waals surface area contributed by atoms with Gasteiger partial charge in [0.15, 0.2) is 11.5 Å². The summed E-state index contributed by atoms with van der Waals surface area (Å²) < 4.78 is 5.68. The average Bonchev–Trinajstić information content (AvgIpc) is 2.91. The maximum Gasteiger partial charge on any atom is 0.198 e. The van der Waals surface area contributed by atoms with Gasteiger partial charge in [-0.2, -0.15) is 0 Å². The van der Waals surface area contributed by atoms with Gasteiger partial charge in [-0.25, -0.2) is 0 Å². The van der Waals surface area contributed by atoms with Crippen molar-refractivity contribution in [2.75, 3.05) is 19.6 Å². The summed E-state index contributed by atoms with van der Waals surface area (Å²) >= 11 is 5.97. The average molecular weight is 304 g/mol. The van der Waals surface area contributed by atoms with Crippen LogP contribution >= 0.6 is 11.6 Å². The van der Waals surface area contributed by atoms with Crippen LogP contribution in [0.5, 0.6) is 0 Å². The third-order valence-electron chi connectivity index (χ3n) is 4.99. The Morgan fingerprint density at radius 1 is 1.29 bits per heavy atom. The molecule has 3 aliphatic rings. The number of carbonyl (C=O) groups is 1. The molecular weight excluding hydrogens is 286 g/mol. The number of rotatable bonds is 3. The number of hydrogen-bond donors (Lipinski definition) is 0. The van der Waals surface area contributed by atoms with Crippen molar-refractivity contribution in [3.8, 4) is 0 Å². The van der Waals surface area contributed by atoms with Crippen LogP contribution in [0.3, 0.4) is 0 Å². The molecule has 5 rings (SSSR count). The molecule has 0 saturated carbocycles. The Bertz CT molecular complexity index is 685. The topological polar surface area (TPSA) is 33.5 Å². The molecule has 4 heteroatoms. The molecule has 21 heavy (non-hydrogen) atoms. The highest BCUT2D eigenvalue weighted by Gasteiger charge is 2.35. The predicted molar refractivity (Wildman–Crippen MR) is 82.8 cm³/mol. The molecule has 1 aromatic carbocycles. The zero-order chi connectivity index (χ0) is 14.4. The van der Waals surface area contributed by atoms with Crippen molar-refractivity contribution < 1.29 is 9.21 Å². The van der Waals surface area contributed by atoms with Gasteiger partial charge in [-0.15, -0.1) is 0 Å². The molecular formula is C17H18ClNO2. The SMILES string of the molecule is O=C(C[C@H]1CN2CCC1CC2)c1cc2cc(Cl)ccc2o1. The third-order valence-corrected chi connectivity index (χ3v) is 5.23. The Balaban J connectivity index is 1.53. The standard InChI is InChI=1S/C17H18ClNO2/c18-14-1-2-16-12(7-14)9-17(21-16)15(20)8-13-10-19-5-3-11(13)4-6-19/h1-2,7,9,11,13H,3-6,8,10H2/t13-/m0/s1. The molecule has 0 aliphatic carbocycles. The zero-order valence-corrected chi connectivity index (χ0v) is 12.6. The molecule has 3 aliphatic heterocycles. The van der Waals surface area contributed by atoms with Gasteiger partial charge in [-0.1, -0.05) is 11.6 Å². The van der Waals surface area contributed by atoms with Crippen LogP contribution in [0, 0.1) is 11.8 Å². The number of halogens is 1. The van der Waals surface area contributed by atoms with Crippen molar-refractivity contribution in [2.45, 2.75) is 19.3 Å². The largest absolute Gasteiger partial charge is 0.453 e. The van der Waals surface area contributed by atoms with Crippen LogP contribution in [-0.4, -0.2) is 30.3 Å². The predicted octanol–water partition coefficient (Wildman–Crippen LogP) is 4.00. The van der Waals surface area contributed by atoms with Crippen LogP contribution in [0.4, 0.5) is 0 Å². The number of Topliss-reactive ketones (excluding diaryl/α,β-unsaturated/α-hetero) is 1. The maximum atomic E-state index is 12.5. The van der Waals surface area contributed by atoms with Gasteiger partial charge in [-0.3, -0.25) is 4.79 Å². The van der Waals surface area contributed by atoms with Gasteiger partial charge in [0.25, 0.3) is 0 Å². The quantitative estimate of drug-likeness (QED) is 0.804. The summed E-state index contributed by atoms with van der Waals surface area (Å²) in [6, 6.07) is 7.27. The highest BCUT2D eigenvalue weighted by molar-refractivity contribution is 6.31. The van der Waals surface area contributed by atoms with E-state index in [1.807, 2.05) is 18.2 Å². The van der Waals surface area contributed by atoms with Crippen molar-refractivity contribution >= 4 is 28.4 Å². The maximum absolute atomic E-state index is 12.5. The van der Waals surface area contributed by atoms with E-state index in [4.69, 9.17) is 16.0 Å². The monoisotopic (exact) mass is 303 g/mol. The van der Waals surface area contributed by atoms with Gasteiger partial charge < -0.3 is 9.32 Å². The second-order valence-electron chi connectivity index (χ2n) is 6.32. The van der Waals surface area contributed by atoms with E-state index in [0.717, 1.165) is 23.4 Å². The summed E-state index contributed by atoms with van der Waals surface area (Å²) in [6.45, 7) is 3.49. The molecule has 4 heterocycles. The second-order valence-corrected chi connectivity index (χ2v) is 6.75. The van der Waals surface area contributed by atoms with E-state index in [2.05, 4.69) is 4.90 Å². The number of nitrogens with zero attached hydrogens (tertiary/aromatic N) is 1.